The molecule has 0 saturated carbocycles. The molecule has 0 spiro atoms. The molecule has 0 N–H and O–H groups in total. The van der Waals surface area contributed by atoms with Crippen molar-refractivity contribution in [1.82, 2.24) is 14.6 Å². The molecule has 2 heterocycles. The smallest absolute Gasteiger partial charge is 0.291 e. The van der Waals surface area contributed by atoms with E-state index in [-0.39, 0.29) is 11.7 Å². The monoisotopic (exact) mass is 441 g/mol. The fourth-order valence-corrected chi connectivity index (χ4v) is 3.98. The Morgan fingerprint density at radius 1 is 1.19 bits per heavy atom. The van der Waals surface area contributed by atoms with Gasteiger partial charge in [0.2, 0.25) is 4.96 Å². The minimum atomic E-state index is -0.159. The summed E-state index contributed by atoms with van der Waals surface area (Å²) in [6.07, 6.45) is 1.97. The van der Waals surface area contributed by atoms with E-state index in [1.54, 1.807) is 0 Å². The Hall–Kier alpha value is -2.51. The van der Waals surface area contributed by atoms with Gasteiger partial charge >= 0.3 is 0 Å². The van der Waals surface area contributed by atoms with Gasteiger partial charge in [-0.05, 0) is 61.9 Å². The van der Waals surface area contributed by atoms with Gasteiger partial charge in [-0.1, -0.05) is 39.4 Å². The average Bonchev–Trinajstić information content (AvgIpc) is 3.15. The highest BCUT2D eigenvalue weighted by atomic mass is 79.9. The van der Waals surface area contributed by atoms with E-state index in [9.17, 15) is 4.79 Å². The standard InChI is InChI=1S/C20H16BrN3O2S/c1-12(2)26-16-8-6-14(7-9-16)18-22-20-24(23-18)19(25)17(27-20)11-13-4-3-5-15(21)10-13/h3-12H,1-2H3/b17-11+. The Kier molecular flexibility index (Phi) is 4.80. The first kappa shape index (κ1) is 17.9. The molecular weight excluding hydrogens is 426 g/mol. The molecule has 2 aromatic carbocycles. The van der Waals surface area contributed by atoms with Crippen molar-refractivity contribution in [2.75, 3.05) is 0 Å². The second-order valence-electron chi connectivity index (χ2n) is 6.29. The molecule has 0 bridgehead atoms. The van der Waals surface area contributed by atoms with Crippen LogP contribution in [-0.4, -0.2) is 20.7 Å². The van der Waals surface area contributed by atoms with E-state index < -0.39 is 0 Å². The number of nitrogens with zero attached hydrogens (tertiary/aromatic N) is 3. The Balaban J connectivity index is 1.69. The highest BCUT2D eigenvalue weighted by molar-refractivity contribution is 9.10. The molecule has 136 valence electrons. The largest absolute Gasteiger partial charge is 0.491 e. The first-order valence-electron chi connectivity index (χ1n) is 8.43. The van der Waals surface area contributed by atoms with Gasteiger partial charge < -0.3 is 4.74 Å². The number of benzene rings is 2. The summed E-state index contributed by atoms with van der Waals surface area (Å²) < 4.78 is 8.59. The van der Waals surface area contributed by atoms with E-state index in [1.807, 2.05) is 68.5 Å². The van der Waals surface area contributed by atoms with Crippen molar-refractivity contribution in [3.05, 3.63) is 73.5 Å². The molecule has 0 atom stereocenters. The van der Waals surface area contributed by atoms with Gasteiger partial charge in [-0.2, -0.15) is 9.50 Å². The van der Waals surface area contributed by atoms with E-state index in [4.69, 9.17) is 4.74 Å². The third-order valence-corrected chi connectivity index (χ3v) is 5.27. The Morgan fingerprint density at radius 3 is 2.63 bits per heavy atom. The molecule has 4 aromatic rings. The summed E-state index contributed by atoms with van der Waals surface area (Å²) >= 11 is 4.77. The molecule has 0 radical (unpaired) electrons. The molecule has 5 nitrogen and oxygen atoms in total. The van der Waals surface area contributed by atoms with Gasteiger partial charge in [0.15, 0.2) is 5.82 Å². The van der Waals surface area contributed by atoms with Gasteiger partial charge in [-0.25, -0.2) is 0 Å². The first-order chi connectivity index (χ1) is 13.0. The van der Waals surface area contributed by atoms with Crippen LogP contribution in [0.3, 0.4) is 0 Å². The quantitative estimate of drug-likeness (QED) is 0.481. The molecule has 2 aromatic heterocycles. The van der Waals surface area contributed by atoms with Crippen LogP contribution in [-0.2, 0) is 0 Å². The normalized spacial score (nSPS) is 12.2. The lowest BCUT2D eigenvalue weighted by Gasteiger charge is -2.09. The summed E-state index contributed by atoms with van der Waals surface area (Å²) in [5, 5.41) is 4.39. The van der Waals surface area contributed by atoms with E-state index in [0.717, 1.165) is 21.3 Å². The molecule has 7 heteroatoms. The van der Waals surface area contributed by atoms with E-state index >= 15 is 0 Å². The maximum absolute atomic E-state index is 12.6. The summed E-state index contributed by atoms with van der Waals surface area (Å²) in [6, 6.07) is 15.4. The third-order valence-electron chi connectivity index (χ3n) is 3.81. The molecule has 0 aliphatic rings. The van der Waals surface area contributed by atoms with Crippen molar-refractivity contribution in [3.63, 3.8) is 0 Å². The number of ether oxygens (including phenoxy) is 1. The summed E-state index contributed by atoms with van der Waals surface area (Å²) in [4.78, 5) is 17.7. The van der Waals surface area contributed by atoms with Crippen LogP contribution in [0.5, 0.6) is 5.75 Å². The lowest BCUT2D eigenvalue weighted by atomic mass is 10.2. The summed E-state index contributed by atoms with van der Waals surface area (Å²) in [5.74, 6) is 1.33. The number of hydrogen-bond donors (Lipinski definition) is 0. The maximum Gasteiger partial charge on any atom is 0.291 e. The highest BCUT2D eigenvalue weighted by Gasteiger charge is 2.12. The van der Waals surface area contributed by atoms with Crippen molar-refractivity contribution >= 4 is 38.3 Å². The summed E-state index contributed by atoms with van der Waals surface area (Å²) in [7, 11) is 0. The fourth-order valence-electron chi connectivity index (χ4n) is 2.66. The Morgan fingerprint density at radius 2 is 1.96 bits per heavy atom. The zero-order chi connectivity index (χ0) is 19.0. The molecule has 0 aliphatic carbocycles. The summed E-state index contributed by atoms with van der Waals surface area (Å²) in [6.45, 7) is 3.97. The predicted octanol–water partition coefficient (Wildman–Crippen LogP) is 3.92. The number of rotatable bonds is 4. The third kappa shape index (κ3) is 3.79. The minimum Gasteiger partial charge on any atom is -0.491 e. The number of aromatic nitrogens is 3. The van der Waals surface area contributed by atoms with Crippen LogP contribution >= 0.6 is 27.3 Å². The molecule has 27 heavy (non-hydrogen) atoms. The van der Waals surface area contributed by atoms with Crippen LogP contribution < -0.4 is 14.8 Å². The van der Waals surface area contributed by atoms with Crippen molar-refractivity contribution < 1.29 is 4.74 Å². The van der Waals surface area contributed by atoms with Crippen molar-refractivity contribution in [3.8, 4) is 17.1 Å². The van der Waals surface area contributed by atoms with Gasteiger partial charge in [0, 0.05) is 10.0 Å². The van der Waals surface area contributed by atoms with Gasteiger partial charge in [0.25, 0.3) is 5.56 Å². The molecule has 0 amide bonds. The van der Waals surface area contributed by atoms with Gasteiger partial charge in [-0.15, -0.1) is 5.10 Å². The number of thiazole rings is 1. The molecule has 0 fully saturated rings. The van der Waals surface area contributed by atoms with Crippen LogP contribution in [0, 0.1) is 0 Å². The molecule has 0 saturated heterocycles. The van der Waals surface area contributed by atoms with Crippen LogP contribution in [0.25, 0.3) is 22.4 Å². The maximum atomic E-state index is 12.6. The van der Waals surface area contributed by atoms with Crippen molar-refractivity contribution in [2.24, 2.45) is 0 Å². The Labute approximate surface area is 168 Å². The highest BCUT2D eigenvalue weighted by Crippen LogP contribution is 2.21. The second kappa shape index (κ2) is 7.25. The van der Waals surface area contributed by atoms with Crippen LogP contribution in [0.15, 0.2) is 57.8 Å². The second-order valence-corrected chi connectivity index (χ2v) is 8.22. The number of halogens is 1. The molecule has 0 unspecified atom stereocenters. The lowest BCUT2D eigenvalue weighted by Crippen LogP contribution is -2.23. The van der Waals surface area contributed by atoms with Gasteiger partial charge in [0.1, 0.15) is 5.75 Å². The van der Waals surface area contributed by atoms with E-state index in [0.29, 0.717) is 15.3 Å². The fraction of sp³-hybridized carbons (Fsp3) is 0.150. The van der Waals surface area contributed by atoms with Gasteiger partial charge in [-0.3, -0.25) is 4.79 Å². The zero-order valence-electron chi connectivity index (χ0n) is 14.7. The number of hydrogen-bond acceptors (Lipinski definition) is 5. The van der Waals surface area contributed by atoms with Gasteiger partial charge in [0.05, 0.1) is 10.6 Å². The topological polar surface area (TPSA) is 56.5 Å². The first-order valence-corrected chi connectivity index (χ1v) is 10.0. The summed E-state index contributed by atoms with van der Waals surface area (Å²) in [5.41, 5.74) is 1.64. The predicted molar refractivity (Wildman–Crippen MR) is 111 cm³/mol. The van der Waals surface area contributed by atoms with E-state index in [2.05, 4.69) is 26.0 Å². The Bertz CT molecular complexity index is 1210. The minimum absolute atomic E-state index is 0.120. The zero-order valence-corrected chi connectivity index (χ0v) is 17.1. The average molecular weight is 442 g/mol. The van der Waals surface area contributed by atoms with Crippen LogP contribution in [0.2, 0.25) is 0 Å². The van der Waals surface area contributed by atoms with Crippen LogP contribution in [0.1, 0.15) is 19.4 Å². The molecule has 4 rings (SSSR count). The lowest BCUT2D eigenvalue weighted by molar-refractivity contribution is 0.242. The van der Waals surface area contributed by atoms with Crippen LogP contribution in [0.4, 0.5) is 0 Å². The SMILES string of the molecule is CC(C)Oc1ccc(-c2nc3s/c(=C/c4cccc(Br)c4)c(=O)n3n2)cc1. The number of fused-ring (bicyclic) bond motifs is 1. The van der Waals surface area contributed by atoms with Crippen molar-refractivity contribution in [2.45, 2.75) is 20.0 Å². The van der Waals surface area contributed by atoms with E-state index in [1.165, 1.54) is 15.9 Å². The van der Waals surface area contributed by atoms with Crippen molar-refractivity contribution in [1.29, 1.82) is 0 Å². The molecule has 0 aliphatic heterocycles. The molecular formula is C20H16BrN3O2S.